The van der Waals surface area contributed by atoms with Gasteiger partial charge in [-0.15, -0.1) is 0 Å². The van der Waals surface area contributed by atoms with Crippen molar-refractivity contribution in [2.75, 3.05) is 25.0 Å². The fourth-order valence-corrected chi connectivity index (χ4v) is 3.77. The highest BCUT2D eigenvalue weighted by molar-refractivity contribution is 6.42. The van der Waals surface area contributed by atoms with Crippen molar-refractivity contribution < 1.29 is 18.7 Å². The SMILES string of the molecule is CN(c1ncc2ncnc(Oc3ccc(Cl)c(Cl)c3F)c2n1)C1CCN(C(=O)OC(C)(C)C)C1. The molecule has 3 aromatic rings. The van der Waals surface area contributed by atoms with Gasteiger partial charge in [-0.1, -0.05) is 23.2 Å². The lowest BCUT2D eigenvalue weighted by Gasteiger charge is -2.26. The van der Waals surface area contributed by atoms with Crippen LogP contribution >= 0.6 is 23.2 Å². The third-order valence-electron chi connectivity index (χ3n) is 5.22. The summed E-state index contributed by atoms with van der Waals surface area (Å²) < 4.78 is 25.6. The summed E-state index contributed by atoms with van der Waals surface area (Å²) in [6.07, 6.45) is 3.18. The van der Waals surface area contributed by atoms with E-state index >= 15 is 0 Å². The number of rotatable bonds is 4. The van der Waals surface area contributed by atoms with Crippen molar-refractivity contribution in [1.82, 2.24) is 24.8 Å². The van der Waals surface area contributed by atoms with Crippen molar-refractivity contribution in [3.05, 3.63) is 40.5 Å². The minimum atomic E-state index is -0.805. The highest BCUT2D eigenvalue weighted by Crippen LogP contribution is 2.35. The first kappa shape index (κ1) is 24.2. The number of nitrogens with zero attached hydrogens (tertiary/aromatic N) is 6. The first-order valence-corrected chi connectivity index (χ1v) is 11.3. The molecule has 4 rings (SSSR count). The number of carbonyl (C=O) groups is 1. The number of hydrogen-bond acceptors (Lipinski definition) is 8. The molecule has 0 saturated carbocycles. The maximum absolute atomic E-state index is 14.5. The number of aromatic nitrogens is 4. The van der Waals surface area contributed by atoms with Crippen molar-refractivity contribution in [3.63, 3.8) is 0 Å². The second-order valence-electron chi connectivity index (χ2n) is 8.84. The molecule has 9 nitrogen and oxygen atoms in total. The molecule has 1 amide bonds. The zero-order chi connectivity index (χ0) is 24.6. The zero-order valence-corrected chi connectivity index (χ0v) is 20.6. The number of fused-ring (bicyclic) bond motifs is 1. The van der Waals surface area contributed by atoms with E-state index < -0.39 is 11.4 Å². The Morgan fingerprint density at radius 1 is 1.24 bits per heavy atom. The zero-order valence-electron chi connectivity index (χ0n) is 19.0. The summed E-state index contributed by atoms with van der Waals surface area (Å²) in [7, 11) is 1.84. The van der Waals surface area contributed by atoms with E-state index in [1.54, 1.807) is 4.90 Å². The second-order valence-corrected chi connectivity index (χ2v) is 9.62. The van der Waals surface area contributed by atoms with Crippen LogP contribution in [0.2, 0.25) is 10.0 Å². The van der Waals surface area contributed by atoms with E-state index in [-0.39, 0.29) is 33.8 Å². The molecule has 34 heavy (non-hydrogen) atoms. The average Bonchev–Trinajstić information content (AvgIpc) is 3.28. The van der Waals surface area contributed by atoms with Crippen molar-refractivity contribution >= 4 is 46.3 Å². The summed E-state index contributed by atoms with van der Waals surface area (Å²) in [4.78, 5) is 33.2. The van der Waals surface area contributed by atoms with E-state index in [1.165, 1.54) is 24.7 Å². The Hall–Kier alpha value is -2.98. The van der Waals surface area contributed by atoms with Crippen LogP contribution in [0.1, 0.15) is 27.2 Å². The molecular weight excluding hydrogens is 486 g/mol. The molecule has 0 spiro atoms. The Balaban J connectivity index is 1.57. The van der Waals surface area contributed by atoms with Crippen LogP contribution in [0.25, 0.3) is 11.0 Å². The van der Waals surface area contributed by atoms with E-state index in [0.29, 0.717) is 30.1 Å². The van der Waals surface area contributed by atoms with E-state index in [9.17, 15) is 9.18 Å². The molecule has 1 aromatic carbocycles. The van der Waals surface area contributed by atoms with Gasteiger partial charge in [0.15, 0.2) is 17.1 Å². The number of hydrogen-bond donors (Lipinski definition) is 0. The first-order valence-electron chi connectivity index (χ1n) is 10.5. The average molecular weight is 509 g/mol. The molecular formula is C22H23Cl2FN6O3. The molecule has 1 unspecified atom stereocenters. The van der Waals surface area contributed by atoms with Gasteiger partial charge in [0, 0.05) is 20.1 Å². The summed E-state index contributed by atoms with van der Waals surface area (Å²) in [6.45, 7) is 6.53. The fraction of sp³-hybridized carbons (Fsp3) is 0.409. The summed E-state index contributed by atoms with van der Waals surface area (Å²) in [6, 6.07) is 2.76. The third-order valence-corrected chi connectivity index (χ3v) is 6.00. The Bertz CT molecular complexity index is 1240. The smallest absolute Gasteiger partial charge is 0.410 e. The molecule has 1 aliphatic rings. The van der Waals surface area contributed by atoms with Gasteiger partial charge in [0.1, 0.15) is 17.4 Å². The molecule has 3 heterocycles. The molecule has 2 aromatic heterocycles. The summed E-state index contributed by atoms with van der Waals surface area (Å²) in [5, 5.41) is -0.175. The number of ether oxygens (including phenoxy) is 2. The van der Waals surface area contributed by atoms with Gasteiger partial charge in [-0.3, -0.25) is 0 Å². The summed E-state index contributed by atoms with van der Waals surface area (Å²) in [5.41, 5.74) is 0.156. The Labute approximate surface area is 205 Å². The molecule has 0 radical (unpaired) electrons. The molecule has 1 saturated heterocycles. The predicted octanol–water partition coefficient (Wildman–Crippen LogP) is 5.10. The highest BCUT2D eigenvalue weighted by atomic mass is 35.5. The van der Waals surface area contributed by atoms with Crippen molar-refractivity contribution in [2.45, 2.75) is 38.8 Å². The molecule has 1 atom stereocenters. The van der Waals surface area contributed by atoms with Crippen LogP contribution in [-0.4, -0.2) is 62.7 Å². The Morgan fingerprint density at radius 2 is 2.00 bits per heavy atom. The quantitative estimate of drug-likeness (QED) is 0.449. The number of anilines is 1. The van der Waals surface area contributed by atoms with E-state index in [4.69, 9.17) is 32.7 Å². The number of benzene rings is 1. The van der Waals surface area contributed by atoms with Crippen LogP contribution < -0.4 is 9.64 Å². The van der Waals surface area contributed by atoms with Gasteiger partial charge in [0.25, 0.3) is 0 Å². The largest absolute Gasteiger partial charge is 0.444 e. The van der Waals surface area contributed by atoms with Crippen molar-refractivity contribution in [1.29, 1.82) is 0 Å². The Morgan fingerprint density at radius 3 is 2.74 bits per heavy atom. The van der Waals surface area contributed by atoms with Gasteiger partial charge in [-0.2, -0.15) is 4.98 Å². The molecule has 1 fully saturated rings. The molecule has 1 aliphatic heterocycles. The molecule has 0 bridgehead atoms. The van der Waals surface area contributed by atoms with Gasteiger partial charge < -0.3 is 19.3 Å². The van der Waals surface area contributed by atoms with Gasteiger partial charge in [0.2, 0.25) is 11.8 Å². The lowest BCUT2D eigenvalue weighted by Crippen LogP contribution is -2.39. The van der Waals surface area contributed by atoms with Gasteiger partial charge >= 0.3 is 6.09 Å². The van der Waals surface area contributed by atoms with Crippen LogP contribution in [0.15, 0.2) is 24.7 Å². The van der Waals surface area contributed by atoms with Crippen LogP contribution in [0.3, 0.4) is 0 Å². The van der Waals surface area contributed by atoms with E-state index in [2.05, 4.69) is 19.9 Å². The fourth-order valence-electron chi connectivity index (χ4n) is 3.47. The molecule has 12 heteroatoms. The van der Waals surface area contributed by atoms with Crippen LogP contribution in [0.5, 0.6) is 11.6 Å². The first-order chi connectivity index (χ1) is 16.0. The number of halogens is 3. The van der Waals surface area contributed by atoms with E-state index in [0.717, 1.165) is 6.42 Å². The van der Waals surface area contributed by atoms with Gasteiger partial charge in [0.05, 0.1) is 22.3 Å². The van der Waals surface area contributed by atoms with Gasteiger partial charge in [-0.05, 0) is 39.3 Å². The Kier molecular flexibility index (Phi) is 6.64. The topological polar surface area (TPSA) is 93.6 Å². The van der Waals surface area contributed by atoms with Crippen LogP contribution in [0, 0.1) is 5.82 Å². The number of amides is 1. The van der Waals surface area contributed by atoms with Gasteiger partial charge in [-0.25, -0.2) is 24.1 Å². The predicted molar refractivity (Wildman–Crippen MR) is 126 cm³/mol. The molecule has 0 N–H and O–H groups in total. The minimum Gasteiger partial charge on any atom is -0.444 e. The standard InChI is InChI=1S/C22H23Cl2FN6O3/c1-22(2,3)34-21(32)31-8-7-12(10-31)30(4)20-26-9-14-18(29-20)19(28-11-27-14)33-15-6-5-13(23)16(24)17(15)25/h5-6,9,11-12H,7-8,10H2,1-4H3. The molecule has 0 aliphatic carbocycles. The molecule has 180 valence electrons. The second kappa shape index (κ2) is 9.34. The lowest BCUT2D eigenvalue weighted by molar-refractivity contribution is 0.0292. The minimum absolute atomic E-state index is 0.0218. The maximum Gasteiger partial charge on any atom is 0.410 e. The number of carbonyl (C=O) groups excluding carboxylic acids is 1. The highest BCUT2D eigenvalue weighted by Gasteiger charge is 2.32. The lowest BCUT2D eigenvalue weighted by atomic mass is 10.2. The summed E-state index contributed by atoms with van der Waals surface area (Å²) in [5.74, 6) is -0.522. The third kappa shape index (κ3) is 5.07. The van der Waals surface area contributed by atoms with Crippen LogP contribution in [0.4, 0.5) is 15.1 Å². The summed E-state index contributed by atoms with van der Waals surface area (Å²) >= 11 is 11.7. The van der Waals surface area contributed by atoms with Crippen molar-refractivity contribution in [2.24, 2.45) is 0 Å². The normalized spacial score (nSPS) is 16.1. The van der Waals surface area contributed by atoms with Crippen molar-refractivity contribution in [3.8, 4) is 11.6 Å². The monoisotopic (exact) mass is 508 g/mol. The number of likely N-dealkylation sites (tertiary alicyclic amines) is 1. The van der Waals surface area contributed by atoms with Crippen LogP contribution in [-0.2, 0) is 4.74 Å². The maximum atomic E-state index is 14.5. The van der Waals surface area contributed by atoms with E-state index in [1.807, 2.05) is 32.7 Å². The number of likely N-dealkylation sites (N-methyl/N-ethyl adjacent to an activating group) is 1.